The van der Waals surface area contributed by atoms with Crippen molar-refractivity contribution in [1.29, 1.82) is 0 Å². The molecule has 1 aliphatic heterocycles. The van der Waals surface area contributed by atoms with Crippen molar-refractivity contribution in [3.05, 3.63) is 36.7 Å². The van der Waals surface area contributed by atoms with Crippen LogP contribution in [0, 0.1) is 0 Å². The van der Waals surface area contributed by atoms with Gasteiger partial charge in [0.2, 0.25) is 0 Å². The number of benzene rings is 1. The van der Waals surface area contributed by atoms with Gasteiger partial charge in [0.15, 0.2) is 0 Å². The fourth-order valence-electron chi connectivity index (χ4n) is 2.95. The average Bonchev–Trinajstić information content (AvgIpc) is 3.04. The molecule has 1 saturated heterocycles. The molecule has 0 amide bonds. The molecule has 1 aliphatic rings. The highest BCUT2D eigenvalue weighted by atomic mass is 16.5. The molecule has 3 rings (SSSR count). The second-order valence-electron chi connectivity index (χ2n) is 5.80. The van der Waals surface area contributed by atoms with E-state index in [1.165, 1.54) is 5.69 Å². The van der Waals surface area contributed by atoms with Crippen LogP contribution in [0.4, 0.5) is 5.69 Å². The Morgan fingerprint density at radius 3 is 2.73 bits per heavy atom. The molecule has 0 spiro atoms. The molecule has 0 unspecified atom stereocenters. The van der Waals surface area contributed by atoms with Crippen LogP contribution in [0.25, 0.3) is 11.4 Å². The summed E-state index contributed by atoms with van der Waals surface area (Å²) < 4.78 is 13.5. The summed E-state index contributed by atoms with van der Waals surface area (Å²) in [4.78, 5) is 6.63. The summed E-state index contributed by atoms with van der Waals surface area (Å²) in [7, 11) is 5.85. The van der Waals surface area contributed by atoms with Gasteiger partial charge in [-0.1, -0.05) is 0 Å². The minimum Gasteiger partial charge on any atom is -0.379 e. The van der Waals surface area contributed by atoms with E-state index in [9.17, 15) is 0 Å². The number of ether oxygens (including phenoxy) is 2. The van der Waals surface area contributed by atoms with Gasteiger partial charge >= 0.3 is 0 Å². The summed E-state index contributed by atoms with van der Waals surface area (Å²) >= 11 is 0. The molecule has 0 bridgehead atoms. The van der Waals surface area contributed by atoms with E-state index in [0.29, 0.717) is 6.61 Å². The zero-order valence-electron chi connectivity index (χ0n) is 13.4. The molecule has 0 saturated carbocycles. The van der Waals surface area contributed by atoms with Gasteiger partial charge in [-0.05, 0) is 30.7 Å². The number of rotatable bonds is 4. The van der Waals surface area contributed by atoms with Crippen molar-refractivity contribution >= 4 is 5.69 Å². The summed E-state index contributed by atoms with van der Waals surface area (Å²) in [5, 5.41) is 0. The van der Waals surface area contributed by atoms with Gasteiger partial charge in [-0.3, -0.25) is 0 Å². The molecule has 2 aromatic rings. The Hall–Kier alpha value is -1.85. The van der Waals surface area contributed by atoms with Crippen LogP contribution >= 0.6 is 0 Å². The zero-order valence-corrected chi connectivity index (χ0v) is 13.4. The third kappa shape index (κ3) is 2.87. The van der Waals surface area contributed by atoms with E-state index in [1.807, 2.05) is 26.5 Å². The molecule has 22 heavy (non-hydrogen) atoms. The lowest BCUT2D eigenvalue weighted by molar-refractivity contribution is -0.0492. The Balaban J connectivity index is 1.91. The molecule has 118 valence electrons. The van der Waals surface area contributed by atoms with E-state index < -0.39 is 0 Å². The third-order valence-corrected chi connectivity index (χ3v) is 4.24. The Kier molecular flexibility index (Phi) is 4.45. The average molecular weight is 301 g/mol. The molecule has 2 heterocycles. The summed E-state index contributed by atoms with van der Waals surface area (Å²) in [5.74, 6) is 0.961. The molecule has 1 fully saturated rings. The van der Waals surface area contributed by atoms with Gasteiger partial charge in [0, 0.05) is 51.5 Å². The number of hydrogen-bond donors (Lipinski definition) is 0. The normalized spacial score (nSPS) is 21.8. The number of hydrogen-bond acceptors (Lipinski definition) is 4. The summed E-state index contributed by atoms with van der Waals surface area (Å²) in [6.45, 7) is 1.42. The standard InChI is InChI=1S/C17H23N3O2/c1-19(2)14-6-4-13(5-7-14)17-18-9-10-20(17)15-12-22-11-8-16(15)21-3/h4-7,9-10,15-16H,8,11-12H2,1-3H3/t15-,16-/m1/s1. The molecule has 5 nitrogen and oxygen atoms in total. The highest BCUT2D eigenvalue weighted by molar-refractivity contribution is 5.60. The minimum absolute atomic E-state index is 0.169. The van der Waals surface area contributed by atoms with E-state index in [-0.39, 0.29) is 12.1 Å². The van der Waals surface area contributed by atoms with E-state index in [1.54, 1.807) is 7.11 Å². The second-order valence-corrected chi connectivity index (χ2v) is 5.80. The van der Waals surface area contributed by atoms with Gasteiger partial charge in [0.25, 0.3) is 0 Å². The predicted molar refractivity (Wildman–Crippen MR) is 87.3 cm³/mol. The van der Waals surface area contributed by atoms with Gasteiger partial charge in [-0.15, -0.1) is 0 Å². The van der Waals surface area contributed by atoms with E-state index in [2.05, 4.69) is 38.7 Å². The number of anilines is 1. The number of aromatic nitrogens is 2. The molecular weight excluding hydrogens is 278 g/mol. The maximum absolute atomic E-state index is 5.64. The molecule has 2 atom stereocenters. The quantitative estimate of drug-likeness (QED) is 0.870. The van der Waals surface area contributed by atoms with E-state index >= 15 is 0 Å². The van der Waals surface area contributed by atoms with Crippen LogP contribution in [-0.2, 0) is 9.47 Å². The first kappa shape index (κ1) is 15.1. The number of nitrogens with zero attached hydrogens (tertiary/aromatic N) is 3. The highest BCUT2D eigenvalue weighted by Crippen LogP contribution is 2.29. The van der Waals surface area contributed by atoms with Crippen molar-refractivity contribution in [3.8, 4) is 11.4 Å². The lowest BCUT2D eigenvalue weighted by atomic mass is 10.1. The van der Waals surface area contributed by atoms with Gasteiger partial charge in [-0.25, -0.2) is 4.98 Å². The van der Waals surface area contributed by atoms with Crippen LogP contribution < -0.4 is 4.90 Å². The van der Waals surface area contributed by atoms with Crippen molar-refractivity contribution in [3.63, 3.8) is 0 Å². The summed E-state index contributed by atoms with van der Waals surface area (Å²) in [5.41, 5.74) is 2.29. The van der Waals surface area contributed by atoms with Crippen molar-refractivity contribution in [2.24, 2.45) is 0 Å². The molecule has 5 heteroatoms. The van der Waals surface area contributed by atoms with Gasteiger partial charge < -0.3 is 18.9 Å². The van der Waals surface area contributed by atoms with Crippen molar-refractivity contribution in [2.45, 2.75) is 18.6 Å². The fraction of sp³-hybridized carbons (Fsp3) is 0.471. The number of methoxy groups -OCH3 is 1. The molecule has 0 radical (unpaired) electrons. The van der Waals surface area contributed by atoms with Crippen LogP contribution in [0.15, 0.2) is 36.7 Å². The van der Waals surface area contributed by atoms with Crippen LogP contribution in [0.2, 0.25) is 0 Å². The maximum atomic E-state index is 5.64. The zero-order chi connectivity index (χ0) is 15.5. The van der Waals surface area contributed by atoms with Crippen LogP contribution in [-0.4, -0.2) is 50.1 Å². The Morgan fingerprint density at radius 2 is 2.05 bits per heavy atom. The molecular formula is C17H23N3O2. The van der Waals surface area contributed by atoms with Gasteiger partial charge in [0.05, 0.1) is 18.8 Å². The maximum Gasteiger partial charge on any atom is 0.140 e. The lowest BCUT2D eigenvalue weighted by Crippen LogP contribution is -2.35. The second kappa shape index (κ2) is 6.50. The number of imidazole rings is 1. The molecule has 1 aromatic carbocycles. The third-order valence-electron chi connectivity index (χ3n) is 4.24. The topological polar surface area (TPSA) is 39.5 Å². The molecule has 0 N–H and O–H groups in total. The first-order valence-electron chi connectivity index (χ1n) is 7.62. The van der Waals surface area contributed by atoms with Crippen LogP contribution in [0.5, 0.6) is 0 Å². The van der Waals surface area contributed by atoms with E-state index in [4.69, 9.17) is 9.47 Å². The Labute approximate surface area is 131 Å². The highest BCUT2D eigenvalue weighted by Gasteiger charge is 2.28. The fourth-order valence-corrected chi connectivity index (χ4v) is 2.95. The van der Waals surface area contributed by atoms with Crippen LogP contribution in [0.1, 0.15) is 12.5 Å². The minimum atomic E-state index is 0.169. The molecule has 1 aromatic heterocycles. The first-order valence-corrected chi connectivity index (χ1v) is 7.62. The summed E-state index contributed by atoms with van der Waals surface area (Å²) in [6.07, 6.45) is 4.94. The van der Waals surface area contributed by atoms with Crippen molar-refractivity contribution < 1.29 is 9.47 Å². The summed E-state index contributed by atoms with van der Waals surface area (Å²) in [6, 6.07) is 8.61. The van der Waals surface area contributed by atoms with Crippen LogP contribution in [0.3, 0.4) is 0 Å². The monoisotopic (exact) mass is 301 g/mol. The van der Waals surface area contributed by atoms with Gasteiger partial charge in [-0.2, -0.15) is 0 Å². The Morgan fingerprint density at radius 1 is 1.27 bits per heavy atom. The first-order chi connectivity index (χ1) is 10.7. The smallest absolute Gasteiger partial charge is 0.140 e. The lowest BCUT2D eigenvalue weighted by Gasteiger charge is -2.32. The largest absolute Gasteiger partial charge is 0.379 e. The van der Waals surface area contributed by atoms with Gasteiger partial charge in [0.1, 0.15) is 5.82 Å². The molecule has 0 aliphatic carbocycles. The van der Waals surface area contributed by atoms with Crippen molar-refractivity contribution in [2.75, 3.05) is 39.3 Å². The predicted octanol–water partition coefficient (Wildman–Crippen LogP) is 2.59. The van der Waals surface area contributed by atoms with Crippen molar-refractivity contribution in [1.82, 2.24) is 9.55 Å². The Bertz CT molecular complexity index is 607. The SMILES string of the molecule is CO[C@@H]1CCOC[C@H]1n1ccnc1-c1ccc(N(C)C)cc1. The van der Waals surface area contributed by atoms with E-state index in [0.717, 1.165) is 24.4 Å².